The van der Waals surface area contributed by atoms with Crippen LogP contribution < -0.4 is 10.1 Å². The molecular formula is C17H17BrClNO2. The molecule has 1 amide bonds. The largest absolute Gasteiger partial charge is 0.481 e. The molecule has 5 heteroatoms. The lowest BCUT2D eigenvalue weighted by atomic mass is 10.1. The van der Waals surface area contributed by atoms with Gasteiger partial charge in [0.15, 0.2) is 6.10 Å². The number of rotatable bonds is 4. The predicted molar refractivity (Wildman–Crippen MR) is 93.8 cm³/mol. The van der Waals surface area contributed by atoms with E-state index in [0.717, 1.165) is 15.6 Å². The van der Waals surface area contributed by atoms with Crippen LogP contribution in [0, 0.1) is 13.8 Å². The molecule has 2 aromatic carbocycles. The van der Waals surface area contributed by atoms with Gasteiger partial charge in [-0.2, -0.15) is 0 Å². The topological polar surface area (TPSA) is 38.3 Å². The molecule has 3 nitrogen and oxygen atoms in total. The van der Waals surface area contributed by atoms with Gasteiger partial charge < -0.3 is 10.1 Å². The summed E-state index contributed by atoms with van der Waals surface area (Å²) in [5.41, 5.74) is 2.80. The minimum atomic E-state index is -0.608. The SMILES string of the molecule is Cc1ccc(O[C@H](C)C(=O)Nc2ccc(Br)c(Cl)c2)c(C)c1. The number of anilines is 1. The highest BCUT2D eigenvalue weighted by molar-refractivity contribution is 9.10. The van der Waals surface area contributed by atoms with E-state index in [0.29, 0.717) is 16.5 Å². The van der Waals surface area contributed by atoms with Crippen LogP contribution in [0.5, 0.6) is 5.75 Å². The molecule has 0 aliphatic rings. The molecule has 0 spiro atoms. The number of nitrogens with one attached hydrogen (secondary N) is 1. The van der Waals surface area contributed by atoms with E-state index in [4.69, 9.17) is 16.3 Å². The second-order valence-electron chi connectivity index (χ2n) is 5.15. The van der Waals surface area contributed by atoms with Crippen LogP contribution in [0.4, 0.5) is 5.69 Å². The first-order valence-electron chi connectivity index (χ1n) is 6.86. The number of benzene rings is 2. The molecule has 1 N–H and O–H groups in total. The van der Waals surface area contributed by atoms with Crippen molar-refractivity contribution in [2.45, 2.75) is 26.9 Å². The summed E-state index contributed by atoms with van der Waals surface area (Å²) in [6.07, 6.45) is -0.608. The van der Waals surface area contributed by atoms with E-state index in [9.17, 15) is 4.79 Å². The summed E-state index contributed by atoms with van der Waals surface area (Å²) >= 11 is 9.33. The highest BCUT2D eigenvalue weighted by Gasteiger charge is 2.16. The average molecular weight is 383 g/mol. The van der Waals surface area contributed by atoms with Crippen molar-refractivity contribution in [3.8, 4) is 5.75 Å². The van der Waals surface area contributed by atoms with Crippen LogP contribution in [0.1, 0.15) is 18.1 Å². The van der Waals surface area contributed by atoms with Crippen LogP contribution in [0.25, 0.3) is 0 Å². The third-order valence-electron chi connectivity index (χ3n) is 3.19. The second kappa shape index (κ2) is 7.16. The summed E-state index contributed by atoms with van der Waals surface area (Å²) < 4.78 is 6.52. The molecule has 116 valence electrons. The Morgan fingerprint density at radius 3 is 2.59 bits per heavy atom. The summed E-state index contributed by atoms with van der Waals surface area (Å²) in [6, 6.07) is 11.1. The molecule has 2 aromatic rings. The van der Waals surface area contributed by atoms with E-state index in [1.54, 1.807) is 25.1 Å². The van der Waals surface area contributed by atoms with Crippen molar-refractivity contribution < 1.29 is 9.53 Å². The van der Waals surface area contributed by atoms with Crippen molar-refractivity contribution in [1.82, 2.24) is 0 Å². The van der Waals surface area contributed by atoms with E-state index in [1.807, 2.05) is 32.0 Å². The molecule has 0 radical (unpaired) electrons. The normalized spacial score (nSPS) is 11.9. The van der Waals surface area contributed by atoms with Gasteiger partial charge in [0.05, 0.1) is 5.02 Å². The van der Waals surface area contributed by atoms with Crippen molar-refractivity contribution in [3.63, 3.8) is 0 Å². The molecule has 2 rings (SSSR count). The van der Waals surface area contributed by atoms with Gasteiger partial charge in [0.2, 0.25) is 0 Å². The van der Waals surface area contributed by atoms with E-state index in [2.05, 4.69) is 21.2 Å². The molecular weight excluding hydrogens is 366 g/mol. The van der Waals surface area contributed by atoms with Gasteiger partial charge in [-0.25, -0.2) is 0 Å². The third-order valence-corrected chi connectivity index (χ3v) is 4.42. The molecule has 22 heavy (non-hydrogen) atoms. The van der Waals surface area contributed by atoms with Crippen molar-refractivity contribution in [3.05, 3.63) is 57.0 Å². The van der Waals surface area contributed by atoms with E-state index >= 15 is 0 Å². The monoisotopic (exact) mass is 381 g/mol. The Bertz CT molecular complexity index is 703. The minimum absolute atomic E-state index is 0.224. The molecule has 0 heterocycles. The van der Waals surface area contributed by atoms with Crippen molar-refractivity contribution in [2.24, 2.45) is 0 Å². The lowest BCUT2D eigenvalue weighted by molar-refractivity contribution is -0.122. The Balaban J connectivity index is 2.04. The molecule has 0 bridgehead atoms. The fourth-order valence-corrected chi connectivity index (χ4v) is 2.42. The number of carbonyl (C=O) groups is 1. The Morgan fingerprint density at radius 1 is 1.23 bits per heavy atom. The van der Waals surface area contributed by atoms with Crippen LogP contribution in [-0.4, -0.2) is 12.0 Å². The van der Waals surface area contributed by atoms with Gasteiger partial charge in [-0.15, -0.1) is 0 Å². The second-order valence-corrected chi connectivity index (χ2v) is 6.41. The number of amides is 1. The average Bonchev–Trinajstić information content (AvgIpc) is 2.45. The predicted octanol–water partition coefficient (Wildman–Crippen LogP) is 5.13. The van der Waals surface area contributed by atoms with Crippen molar-refractivity contribution >= 4 is 39.1 Å². The standard InChI is InChI=1S/C17H17BrClNO2/c1-10-4-7-16(11(2)8-10)22-12(3)17(21)20-13-5-6-14(18)15(19)9-13/h4-9,12H,1-3H3,(H,20,21)/t12-/m1/s1. The Kier molecular flexibility index (Phi) is 5.48. The van der Waals surface area contributed by atoms with Gasteiger partial charge in [-0.05, 0) is 66.5 Å². The lowest BCUT2D eigenvalue weighted by Crippen LogP contribution is -2.30. The summed E-state index contributed by atoms with van der Waals surface area (Å²) in [5.74, 6) is 0.487. The molecule has 0 unspecified atom stereocenters. The summed E-state index contributed by atoms with van der Waals surface area (Å²) in [6.45, 7) is 5.70. The Labute approximate surface area is 143 Å². The van der Waals surface area contributed by atoms with Crippen molar-refractivity contribution in [2.75, 3.05) is 5.32 Å². The first kappa shape index (κ1) is 16.8. The quantitative estimate of drug-likeness (QED) is 0.796. The zero-order chi connectivity index (χ0) is 16.3. The number of hydrogen-bond donors (Lipinski definition) is 1. The van der Waals surface area contributed by atoms with Crippen LogP contribution in [0.3, 0.4) is 0 Å². The number of halogens is 2. The highest BCUT2D eigenvalue weighted by atomic mass is 79.9. The minimum Gasteiger partial charge on any atom is -0.481 e. The fourth-order valence-electron chi connectivity index (χ4n) is 1.99. The van der Waals surface area contributed by atoms with Gasteiger partial charge in [-0.3, -0.25) is 4.79 Å². The number of carbonyl (C=O) groups excluding carboxylic acids is 1. The molecule has 0 aliphatic heterocycles. The number of hydrogen-bond acceptors (Lipinski definition) is 2. The van der Waals surface area contributed by atoms with Crippen LogP contribution in [-0.2, 0) is 4.79 Å². The molecule has 1 atom stereocenters. The van der Waals surface area contributed by atoms with Crippen LogP contribution in [0.15, 0.2) is 40.9 Å². The summed E-state index contributed by atoms with van der Waals surface area (Å²) in [5, 5.41) is 3.33. The zero-order valence-electron chi connectivity index (χ0n) is 12.6. The highest BCUT2D eigenvalue weighted by Crippen LogP contribution is 2.26. The van der Waals surface area contributed by atoms with E-state index in [1.165, 1.54) is 0 Å². The molecule has 0 saturated carbocycles. The Morgan fingerprint density at radius 2 is 1.95 bits per heavy atom. The summed E-state index contributed by atoms with van der Waals surface area (Å²) in [7, 11) is 0. The van der Waals surface area contributed by atoms with Gasteiger partial charge >= 0.3 is 0 Å². The van der Waals surface area contributed by atoms with E-state index < -0.39 is 6.10 Å². The van der Waals surface area contributed by atoms with Gasteiger partial charge in [0.1, 0.15) is 5.75 Å². The molecule has 0 aromatic heterocycles. The van der Waals surface area contributed by atoms with Gasteiger partial charge in [-0.1, -0.05) is 29.3 Å². The maximum atomic E-state index is 12.2. The van der Waals surface area contributed by atoms with E-state index in [-0.39, 0.29) is 5.91 Å². The zero-order valence-corrected chi connectivity index (χ0v) is 15.0. The molecule has 0 aliphatic carbocycles. The maximum Gasteiger partial charge on any atom is 0.265 e. The third kappa shape index (κ3) is 4.24. The van der Waals surface area contributed by atoms with Crippen LogP contribution in [0.2, 0.25) is 5.02 Å². The van der Waals surface area contributed by atoms with Crippen LogP contribution >= 0.6 is 27.5 Å². The Hall–Kier alpha value is -1.52. The molecule has 0 fully saturated rings. The maximum absolute atomic E-state index is 12.2. The lowest BCUT2D eigenvalue weighted by Gasteiger charge is -2.16. The molecule has 0 saturated heterocycles. The number of aryl methyl sites for hydroxylation is 2. The summed E-state index contributed by atoms with van der Waals surface area (Å²) in [4.78, 5) is 12.2. The number of ether oxygens (including phenoxy) is 1. The van der Waals surface area contributed by atoms with Gasteiger partial charge in [0, 0.05) is 10.2 Å². The fraction of sp³-hybridized carbons (Fsp3) is 0.235. The van der Waals surface area contributed by atoms with Crippen molar-refractivity contribution in [1.29, 1.82) is 0 Å². The first-order valence-corrected chi connectivity index (χ1v) is 8.03. The smallest absolute Gasteiger partial charge is 0.265 e. The van der Waals surface area contributed by atoms with Gasteiger partial charge in [0.25, 0.3) is 5.91 Å². The first-order chi connectivity index (χ1) is 10.4.